The van der Waals surface area contributed by atoms with Gasteiger partial charge in [-0.1, -0.05) is 12.8 Å². The molecular formula is C14H18F2N2OS. The third kappa shape index (κ3) is 3.23. The number of amides is 1. The first-order valence-electron chi connectivity index (χ1n) is 6.61. The van der Waals surface area contributed by atoms with Crippen LogP contribution in [0.25, 0.3) is 0 Å². The lowest BCUT2D eigenvalue weighted by Crippen LogP contribution is -2.44. The van der Waals surface area contributed by atoms with Crippen LogP contribution in [-0.2, 0) is 0 Å². The fraction of sp³-hybridized carbons (Fsp3) is 0.500. The molecule has 2 atom stereocenters. The molecule has 3 N–H and O–H groups in total. The summed E-state index contributed by atoms with van der Waals surface area (Å²) in [4.78, 5) is 12.1. The van der Waals surface area contributed by atoms with E-state index in [0.29, 0.717) is 11.3 Å². The Labute approximate surface area is 121 Å². The van der Waals surface area contributed by atoms with Crippen molar-refractivity contribution < 1.29 is 13.6 Å². The normalized spacial score (nSPS) is 22.6. The Morgan fingerprint density at radius 3 is 2.70 bits per heavy atom. The van der Waals surface area contributed by atoms with E-state index < -0.39 is 17.5 Å². The number of halogens is 2. The molecule has 1 saturated carbocycles. The molecule has 1 aromatic rings. The maximum absolute atomic E-state index is 13.7. The van der Waals surface area contributed by atoms with Crippen molar-refractivity contribution in [2.24, 2.45) is 0 Å². The highest BCUT2D eigenvalue weighted by Gasteiger charge is 2.27. The van der Waals surface area contributed by atoms with Crippen molar-refractivity contribution in [3.63, 3.8) is 0 Å². The lowest BCUT2D eigenvalue weighted by atomic mass is 9.94. The molecule has 1 aliphatic carbocycles. The van der Waals surface area contributed by atoms with E-state index in [1.165, 1.54) is 0 Å². The van der Waals surface area contributed by atoms with Crippen LogP contribution >= 0.6 is 11.8 Å². The minimum atomic E-state index is -0.884. The molecule has 2 unspecified atom stereocenters. The molecule has 1 amide bonds. The highest BCUT2D eigenvalue weighted by Crippen LogP contribution is 2.27. The summed E-state index contributed by atoms with van der Waals surface area (Å²) < 4.78 is 26.8. The molecule has 3 nitrogen and oxygen atoms in total. The second-order valence-corrected chi connectivity index (χ2v) is 6.07. The summed E-state index contributed by atoms with van der Waals surface area (Å²) in [6.07, 6.45) is 6.13. The van der Waals surface area contributed by atoms with Crippen molar-refractivity contribution in [1.29, 1.82) is 0 Å². The lowest BCUT2D eigenvalue weighted by Gasteiger charge is -2.31. The Morgan fingerprint density at radius 1 is 1.30 bits per heavy atom. The molecule has 0 aliphatic heterocycles. The number of nitrogens with two attached hydrogens (primary N) is 1. The van der Waals surface area contributed by atoms with Crippen LogP contribution < -0.4 is 11.1 Å². The van der Waals surface area contributed by atoms with E-state index in [0.717, 1.165) is 31.7 Å². The third-order valence-electron chi connectivity index (χ3n) is 3.65. The zero-order chi connectivity index (χ0) is 14.7. The van der Waals surface area contributed by atoms with Gasteiger partial charge in [0.1, 0.15) is 11.6 Å². The SMILES string of the molecule is CSC1CCCCC1NC(=O)c1cc(N)c(F)cc1F. The highest BCUT2D eigenvalue weighted by atomic mass is 32.2. The number of rotatable bonds is 3. The molecule has 1 fully saturated rings. The average molecular weight is 300 g/mol. The van der Waals surface area contributed by atoms with E-state index in [1.807, 2.05) is 6.26 Å². The zero-order valence-corrected chi connectivity index (χ0v) is 12.1. The molecule has 0 radical (unpaired) electrons. The Bertz CT molecular complexity index is 510. The van der Waals surface area contributed by atoms with Gasteiger partial charge >= 0.3 is 0 Å². The summed E-state index contributed by atoms with van der Waals surface area (Å²) in [6, 6.07) is 1.73. The van der Waals surface area contributed by atoms with Gasteiger partial charge in [0.15, 0.2) is 0 Å². The van der Waals surface area contributed by atoms with Gasteiger partial charge < -0.3 is 11.1 Å². The van der Waals surface area contributed by atoms with Crippen LogP contribution in [0.2, 0.25) is 0 Å². The predicted molar refractivity (Wildman–Crippen MR) is 77.8 cm³/mol. The van der Waals surface area contributed by atoms with Crippen LogP contribution in [0.3, 0.4) is 0 Å². The summed E-state index contributed by atoms with van der Waals surface area (Å²) in [6.45, 7) is 0. The summed E-state index contributed by atoms with van der Waals surface area (Å²) in [5.41, 5.74) is 4.97. The highest BCUT2D eigenvalue weighted by molar-refractivity contribution is 7.99. The molecule has 2 rings (SSSR count). The fourth-order valence-electron chi connectivity index (χ4n) is 2.53. The van der Waals surface area contributed by atoms with Crippen LogP contribution in [0.15, 0.2) is 12.1 Å². The molecule has 20 heavy (non-hydrogen) atoms. The Hall–Kier alpha value is -1.30. The van der Waals surface area contributed by atoms with Gasteiger partial charge in [0.05, 0.1) is 11.3 Å². The topological polar surface area (TPSA) is 55.1 Å². The number of benzene rings is 1. The van der Waals surface area contributed by atoms with Crippen molar-refractivity contribution in [3.8, 4) is 0 Å². The summed E-state index contributed by atoms with van der Waals surface area (Å²) in [5.74, 6) is -2.26. The molecule has 0 spiro atoms. The van der Waals surface area contributed by atoms with Gasteiger partial charge in [-0.05, 0) is 25.2 Å². The number of hydrogen-bond donors (Lipinski definition) is 2. The van der Waals surface area contributed by atoms with Crippen LogP contribution in [0.1, 0.15) is 36.0 Å². The Kier molecular flexibility index (Phi) is 4.86. The van der Waals surface area contributed by atoms with Crippen molar-refractivity contribution in [1.82, 2.24) is 5.32 Å². The van der Waals surface area contributed by atoms with E-state index in [4.69, 9.17) is 5.73 Å². The molecule has 6 heteroatoms. The summed E-state index contributed by atoms with van der Waals surface area (Å²) in [5, 5.41) is 3.19. The molecule has 0 aromatic heterocycles. The first kappa shape index (κ1) is 15.1. The monoisotopic (exact) mass is 300 g/mol. The van der Waals surface area contributed by atoms with Crippen molar-refractivity contribution >= 4 is 23.4 Å². The lowest BCUT2D eigenvalue weighted by molar-refractivity contribution is 0.0925. The van der Waals surface area contributed by atoms with Gasteiger partial charge in [0.25, 0.3) is 5.91 Å². The predicted octanol–water partition coefficient (Wildman–Crippen LogP) is 2.95. The summed E-state index contributed by atoms with van der Waals surface area (Å²) >= 11 is 1.71. The standard InChI is InChI=1S/C14H18F2N2OS/c1-20-13-5-3-2-4-12(13)18-14(19)8-6-11(17)10(16)7-9(8)15/h6-7,12-13H,2-5,17H2,1H3,(H,18,19). The van der Waals surface area contributed by atoms with Crippen LogP contribution in [-0.4, -0.2) is 23.5 Å². The molecule has 0 heterocycles. The molecule has 110 valence electrons. The zero-order valence-electron chi connectivity index (χ0n) is 11.3. The number of anilines is 1. The number of nitrogen functional groups attached to an aromatic ring is 1. The molecule has 0 bridgehead atoms. The first-order valence-corrected chi connectivity index (χ1v) is 7.90. The van der Waals surface area contributed by atoms with Crippen molar-refractivity contribution in [2.45, 2.75) is 37.0 Å². The van der Waals surface area contributed by atoms with Crippen molar-refractivity contribution in [3.05, 3.63) is 29.3 Å². The van der Waals surface area contributed by atoms with Gasteiger partial charge in [-0.3, -0.25) is 4.79 Å². The largest absolute Gasteiger partial charge is 0.396 e. The van der Waals surface area contributed by atoms with E-state index in [2.05, 4.69) is 5.32 Å². The number of carbonyl (C=O) groups excluding carboxylic acids is 1. The first-order chi connectivity index (χ1) is 9.52. The third-order valence-corrected chi connectivity index (χ3v) is 4.82. The minimum Gasteiger partial charge on any atom is -0.396 e. The Balaban J connectivity index is 2.13. The van der Waals surface area contributed by atoms with Crippen LogP contribution in [0, 0.1) is 11.6 Å². The van der Waals surface area contributed by atoms with E-state index >= 15 is 0 Å². The summed E-state index contributed by atoms with van der Waals surface area (Å²) in [7, 11) is 0. The number of thioether (sulfide) groups is 1. The minimum absolute atomic E-state index is 0.0249. The fourth-order valence-corrected chi connectivity index (χ4v) is 3.46. The van der Waals surface area contributed by atoms with E-state index in [-0.39, 0.29) is 17.3 Å². The average Bonchev–Trinajstić information content (AvgIpc) is 2.43. The molecule has 1 aliphatic rings. The maximum Gasteiger partial charge on any atom is 0.254 e. The quantitative estimate of drug-likeness (QED) is 0.844. The molecule has 0 saturated heterocycles. The Morgan fingerprint density at radius 2 is 2.00 bits per heavy atom. The maximum atomic E-state index is 13.7. The number of carbonyl (C=O) groups is 1. The molecular weight excluding hydrogens is 282 g/mol. The second-order valence-electron chi connectivity index (χ2n) is 4.99. The van der Waals surface area contributed by atoms with Gasteiger partial charge in [0.2, 0.25) is 0 Å². The van der Waals surface area contributed by atoms with E-state index in [9.17, 15) is 13.6 Å². The van der Waals surface area contributed by atoms with Gasteiger partial charge in [-0.2, -0.15) is 11.8 Å². The number of hydrogen-bond acceptors (Lipinski definition) is 3. The van der Waals surface area contributed by atoms with Gasteiger partial charge in [0, 0.05) is 17.4 Å². The van der Waals surface area contributed by atoms with Gasteiger partial charge in [-0.15, -0.1) is 0 Å². The van der Waals surface area contributed by atoms with Gasteiger partial charge in [-0.25, -0.2) is 8.78 Å². The van der Waals surface area contributed by atoms with Crippen LogP contribution in [0.4, 0.5) is 14.5 Å². The van der Waals surface area contributed by atoms with E-state index in [1.54, 1.807) is 11.8 Å². The number of nitrogens with one attached hydrogen (secondary N) is 1. The second kappa shape index (κ2) is 6.43. The van der Waals surface area contributed by atoms with Crippen LogP contribution in [0.5, 0.6) is 0 Å². The smallest absolute Gasteiger partial charge is 0.254 e. The van der Waals surface area contributed by atoms with Crippen molar-refractivity contribution in [2.75, 3.05) is 12.0 Å². The molecule has 1 aromatic carbocycles.